The lowest BCUT2D eigenvalue weighted by Crippen LogP contribution is -2.46. The first-order valence-corrected chi connectivity index (χ1v) is 11.4. The summed E-state index contributed by atoms with van der Waals surface area (Å²) in [5.74, 6) is 0.102. The Kier molecular flexibility index (Phi) is 10.9. The van der Waals surface area contributed by atoms with Crippen molar-refractivity contribution in [2.24, 2.45) is 0 Å². The molecule has 0 aliphatic carbocycles. The van der Waals surface area contributed by atoms with Gasteiger partial charge in [-0.2, -0.15) is 0 Å². The summed E-state index contributed by atoms with van der Waals surface area (Å²) in [5.41, 5.74) is 1.99. The number of carbonyl (C=O) groups is 2. The van der Waals surface area contributed by atoms with Gasteiger partial charge in [0.15, 0.2) is 5.78 Å². The molecule has 1 heterocycles. The van der Waals surface area contributed by atoms with Crippen LogP contribution in [0.1, 0.15) is 63.2 Å². The molecule has 0 unspecified atom stereocenters. The molecule has 0 spiro atoms. The highest BCUT2D eigenvalue weighted by Gasteiger charge is 2.16. The second kappa shape index (κ2) is 13.4. The third-order valence-corrected chi connectivity index (χ3v) is 5.53. The predicted molar refractivity (Wildman–Crippen MR) is 122 cm³/mol. The molecule has 0 aromatic heterocycles. The quantitative estimate of drug-likeness (QED) is 0.393. The number of nitrogens with one attached hydrogen (secondary N) is 1. The van der Waals surface area contributed by atoms with Gasteiger partial charge in [-0.3, -0.25) is 14.5 Å². The number of amides is 1. The average molecular weight is 418 g/mol. The largest absolute Gasteiger partial charge is 0.369 e. The normalized spacial score (nSPS) is 14.9. The van der Waals surface area contributed by atoms with Crippen LogP contribution >= 0.6 is 0 Å². The molecule has 6 nitrogen and oxygen atoms in total. The number of rotatable bonds is 13. The van der Waals surface area contributed by atoms with Gasteiger partial charge in [0.2, 0.25) is 5.91 Å². The molecular weight excluding hydrogens is 378 g/mol. The number of piperazine rings is 1. The Bertz CT molecular complexity index is 638. The number of hydrogen-bond acceptors (Lipinski definition) is 5. The van der Waals surface area contributed by atoms with Gasteiger partial charge in [-0.25, -0.2) is 0 Å². The lowest BCUT2D eigenvalue weighted by Gasteiger charge is -2.36. The maximum absolute atomic E-state index is 11.6. The van der Waals surface area contributed by atoms with Gasteiger partial charge >= 0.3 is 0 Å². The Morgan fingerprint density at radius 2 is 1.60 bits per heavy atom. The monoisotopic (exact) mass is 417 g/mol. The van der Waals surface area contributed by atoms with Crippen molar-refractivity contribution in [2.45, 2.75) is 59.0 Å². The summed E-state index contributed by atoms with van der Waals surface area (Å²) in [4.78, 5) is 27.9. The number of Topliss-reactive ketones (excluding diaryl/α,β-unsaturated/α-hetero) is 1. The first-order chi connectivity index (χ1) is 14.5. The Morgan fingerprint density at radius 1 is 0.967 bits per heavy atom. The van der Waals surface area contributed by atoms with Crippen molar-refractivity contribution < 1.29 is 14.3 Å². The Hall–Kier alpha value is -1.92. The van der Waals surface area contributed by atoms with Crippen LogP contribution in [-0.2, 0) is 9.53 Å². The third-order valence-electron chi connectivity index (χ3n) is 5.53. The highest BCUT2D eigenvalue weighted by Crippen LogP contribution is 2.18. The van der Waals surface area contributed by atoms with E-state index in [4.69, 9.17) is 4.74 Å². The molecule has 0 atom stereocenters. The van der Waals surface area contributed by atoms with Gasteiger partial charge in [-0.1, -0.05) is 19.3 Å². The van der Waals surface area contributed by atoms with E-state index in [9.17, 15) is 9.59 Å². The molecule has 0 saturated carbocycles. The number of unbranched alkanes of at least 4 members (excludes halogenated alkanes) is 4. The van der Waals surface area contributed by atoms with E-state index in [1.165, 1.54) is 31.5 Å². The molecule has 1 aromatic rings. The number of ether oxygens (including phenoxy) is 1. The first kappa shape index (κ1) is 24.4. The molecule has 1 aliphatic rings. The van der Waals surface area contributed by atoms with Crippen molar-refractivity contribution in [3.05, 3.63) is 29.8 Å². The van der Waals surface area contributed by atoms with Gasteiger partial charge < -0.3 is 15.0 Å². The van der Waals surface area contributed by atoms with E-state index >= 15 is 0 Å². The van der Waals surface area contributed by atoms with Crippen LogP contribution in [-0.4, -0.2) is 68.6 Å². The fourth-order valence-corrected chi connectivity index (χ4v) is 3.65. The fourth-order valence-electron chi connectivity index (χ4n) is 3.65. The third kappa shape index (κ3) is 9.26. The minimum absolute atomic E-state index is 0.0161. The molecule has 1 fully saturated rings. The lowest BCUT2D eigenvalue weighted by molar-refractivity contribution is -0.127. The smallest absolute Gasteiger partial charge is 0.246 e. The van der Waals surface area contributed by atoms with Gasteiger partial charge in [-0.15, -0.1) is 0 Å². The van der Waals surface area contributed by atoms with E-state index < -0.39 is 0 Å². The lowest BCUT2D eigenvalue weighted by atomic mass is 10.1. The summed E-state index contributed by atoms with van der Waals surface area (Å²) in [6.45, 7) is 11.8. The number of ketones is 1. The molecule has 2 rings (SSSR count). The summed E-state index contributed by atoms with van der Waals surface area (Å²) >= 11 is 0. The van der Waals surface area contributed by atoms with Gasteiger partial charge in [-0.05, 0) is 64.4 Å². The van der Waals surface area contributed by atoms with Crippen molar-refractivity contribution in [2.75, 3.05) is 50.8 Å². The molecule has 1 amide bonds. The highest BCUT2D eigenvalue weighted by molar-refractivity contribution is 5.94. The van der Waals surface area contributed by atoms with E-state index in [-0.39, 0.29) is 24.4 Å². The standard InChI is InChI=1S/C24H39N3O3/c1-20(2)30-19-24(29)25-13-7-5-4-6-8-14-26-15-17-27(18-16-26)23-11-9-22(10-12-23)21(3)28/h9-12,20H,4-8,13-19H2,1-3H3,(H,25,29). The molecular formula is C24H39N3O3. The molecule has 0 bridgehead atoms. The maximum atomic E-state index is 11.6. The topological polar surface area (TPSA) is 61.9 Å². The van der Waals surface area contributed by atoms with E-state index in [0.717, 1.165) is 51.1 Å². The Balaban J connectivity index is 1.48. The number of hydrogen-bond donors (Lipinski definition) is 1. The van der Waals surface area contributed by atoms with Crippen LogP contribution in [0.4, 0.5) is 5.69 Å². The average Bonchev–Trinajstić information content (AvgIpc) is 2.74. The van der Waals surface area contributed by atoms with Crippen molar-refractivity contribution >= 4 is 17.4 Å². The van der Waals surface area contributed by atoms with Crippen LogP contribution in [0.5, 0.6) is 0 Å². The number of nitrogens with zero attached hydrogens (tertiary/aromatic N) is 2. The van der Waals surface area contributed by atoms with Gasteiger partial charge in [0.05, 0.1) is 6.10 Å². The van der Waals surface area contributed by atoms with E-state index in [1.807, 2.05) is 26.0 Å². The second-order valence-electron chi connectivity index (χ2n) is 8.41. The van der Waals surface area contributed by atoms with Crippen LogP contribution in [0.25, 0.3) is 0 Å². The van der Waals surface area contributed by atoms with Crippen molar-refractivity contribution in [1.29, 1.82) is 0 Å². The zero-order valence-corrected chi connectivity index (χ0v) is 19.0. The summed E-state index contributed by atoms with van der Waals surface area (Å²) in [7, 11) is 0. The zero-order valence-electron chi connectivity index (χ0n) is 19.0. The van der Waals surface area contributed by atoms with Crippen LogP contribution in [0.15, 0.2) is 24.3 Å². The van der Waals surface area contributed by atoms with Gasteiger partial charge in [0.25, 0.3) is 0 Å². The summed E-state index contributed by atoms with van der Waals surface area (Å²) in [6, 6.07) is 7.97. The number of anilines is 1. The number of carbonyl (C=O) groups excluding carboxylic acids is 2. The second-order valence-corrected chi connectivity index (χ2v) is 8.41. The summed E-state index contributed by atoms with van der Waals surface area (Å²) in [5, 5.41) is 2.91. The number of benzene rings is 1. The predicted octanol–water partition coefficient (Wildman–Crippen LogP) is 3.50. The van der Waals surface area contributed by atoms with Crippen molar-refractivity contribution in [3.8, 4) is 0 Å². The first-order valence-electron chi connectivity index (χ1n) is 11.4. The fraction of sp³-hybridized carbons (Fsp3) is 0.667. The van der Waals surface area contributed by atoms with Crippen LogP contribution in [0.2, 0.25) is 0 Å². The molecule has 1 aromatic carbocycles. The van der Waals surface area contributed by atoms with E-state index in [2.05, 4.69) is 27.2 Å². The Morgan fingerprint density at radius 3 is 2.23 bits per heavy atom. The summed E-state index contributed by atoms with van der Waals surface area (Å²) in [6.07, 6.45) is 6.00. The van der Waals surface area contributed by atoms with Crippen molar-refractivity contribution in [1.82, 2.24) is 10.2 Å². The Labute approximate surface area is 182 Å². The zero-order chi connectivity index (χ0) is 21.8. The van der Waals surface area contributed by atoms with Crippen LogP contribution in [0.3, 0.4) is 0 Å². The van der Waals surface area contributed by atoms with Crippen LogP contribution < -0.4 is 10.2 Å². The molecule has 168 valence electrons. The molecule has 6 heteroatoms. The van der Waals surface area contributed by atoms with E-state index in [1.54, 1.807) is 6.92 Å². The van der Waals surface area contributed by atoms with E-state index in [0.29, 0.717) is 0 Å². The minimum atomic E-state index is -0.0161. The maximum Gasteiger partial charge on any atom is 0.246 e. The van der Waals surface area contributed by atoms with Gasteiger partial charge in [0.1, 0.15) is 6.61 Å². The molecule has 1 N–H and O–H groups in total. The van der Waals surface area contributed by atoms with Crippen LogP contribution in [0, 0.1) is 0 Å². The molecule has 1 aliphatic heterocycles. The van der Waals surface area contributed by atoms with Gasteiger partial charge in [0, 0.05) is 44.0 Å². The SMILES string of the molecule is CC(=O)c1ccc(N2CCN(CCCCCCCNC(=O)COC(C)C)CC2)cc1. The minimum Gasteiger partial charge on any atom is -0.369 e. The molecule has 30 heavy (non-hydrogen) atoms. The summed E-state index contributed by atoms with van der Waals surface area (Å²) < 4.78 is 5.28. The van der Waals surface area contributed by atoms with Crippen molar-refractivity contribution in [3.63, 3.8) is 0 Å². The highest BCUT2D eigenvalue weighted by atomic mass is 16.5. The molecule has 1 saturated heterocycles. The molecule has 0 radical (unpaired) electrons.